The fourth-order valence-corrected chi connectivity index (χ4v) is 2.06. The Kier molecular flexibility index (Phi) is 6.36. The van der Waals surface area contributed by atoms with Crippen molar-refractivity contribution >= 4 is 5.91 Å². The summed E-state index contributed by atoms with van der Waals surface area (Å²) >= 11 is 0. The van der Waals surface area contributed by atoms with Crippen LogP contribution in [0.15, 0.2) is 24.3 Å². The molecule has 1 aromatic carbocycles. The predicted octanol–water partition coefficient (Wildman–Crippen LogP) is 1.85. The van der Waals surface area contributed by atoms with Crippen LogP contribution in [0, 0.1) is 5.92 Å². The average molecular weight is 265 g/mol. The smallest absolute Gasteiger partial charge is 0.223 e. The van der Waals surface area contributed by atoms with Gasteiger partial charge in [-0.15, -0.1) is 0 Å². The van der Waals surface area contributed by atoms with Crippen LogP contribution in [0.5, 0.6) is 5.75 Å². The van der Waals surface area contributed by atoms with E-state index in [1.165, 1.54) is 0 Å². The standard InChI is InChI=1S/C15H23NO3/c1-3-12(4-2)15(19)16-13(10-17)9-11-5-7-14(18)8-6-11/h5-8,12-13,17-18H,3-4,9-10H2,1-2H3,(H,16,19)/t13-/m0/s1. The van der Waals surface area contributed by atoms with Gasteiger partial charge in [0.05, 0.1) is 12.6 Å². The normalized spacial score (nSPS) is 12.4. The van der Waals surface area contributed by atoms with Crippen LogP contribution in [-0.4, -0.2) is 28.8 Å². The van der Waals surface area contributed by atoms with Crippen LogP contribution in [0.3, 0.4) is 0 Å². The quantitative estimate of drug-likeness (QED) is 0.704. The molecule has 0 bridgehead atoms. The van der Waals surface area contributed by atoms with Gasteiger partial charge in [-0.2, -0.15) is 0 Å². The van der Waals surface area contributed by atoms with Crippen molar-refractivity contribution in [3.05, 3.63) is 29.8 Å². The van der Waals surface area contributed by atoms with E-state index in [-0.39, 0.29) is 30.2 Å². The Hall–Kier alpha value is -1.55. The molecule has 1 rings (SSSR count). The highest BCUT2D eigenvalue weighted by Gasteiger charge is 2.18. The summed E-state index contributed by atoms with van der Waals surface area (Å²) in [5.74, 6) is 0.224. The minimum atomic E-state index is -0.280. The topological polar surface area (TPSA) is 69.6 Å². The molecule has 0 aromatic heterocycles. The Bertz CT molecular complexity index is 385. The summed E-state index contributed by atoms with van der Waals surface area (Å²) in [7, 11) is 0. The van der Waals surface area contributed by atoms with E-state index >= 15 is 0 Å². The number of carbonyl (C=O) groups is 1. The number of amides is 1. The summed E-state index contributed by atoms with van der Waals surface area (Å²) in [6.07, 6.45) is 2.17. The van der Waals surface area contributed by atoms with Crippen LogP contribution >= 0.6 is 0 Å². The molecule has 19 heavy (non-hydrogen) atoms. The van der Waals surface area contributed by atoms with Gasteiger partial charge in [0.25, 0.3) is 0 Å². The number of nitrogens with one attached hydrogen (secondary N) is 1. The Morgan fingerprint density at radius 1 is 1.21 bits per heavy atom. The van der Waals surface area contributed by atoms with Gasteiger partial charge in [-0.25, -0.2) is 0 Å². The van der Waals surface area contributed by atoms with Crippen molar-refractivity contribution in [1.82, 2.24) is 5.32 Å². The van der Waals surface area contributed by atoms with Crippen molar-refractivity contribution in [2.45, 2.75) is 39.2 Å². The van der Waals surface area contributed by atoms with E-state index in [2.05, 4.69) is 5.32 Å². The molecule has 0 fully saturated rings. The van der Waals surface area contributed by atoms with Crippen LogP contribution in [0.25, 0.3) is 0 Å². The summed E-state index contributed by atoms with van der Waals surface area (Å²) < 4.78 is 0. The molecule has 0 aliphatic heterocycles. The van der Waals surface area contributed by atoms with E-state index in [4.69, 9.17) is 0 Å². The molecule has 1 aromatic rings. The maximum Gasteiger partial charge on any atom is 0.223 e. The number of carbonyl (C=O) groups excluding carboxylic acids is 1. The second kappa shape index (κ2) is 7.79. The van der Waals surface area contributed by atoms with Crippen molar-refractivity contribution in [1.29, 1.82) is 0 Å². The van der Waals surface area contributed by atoms with Gasteiger partial charge in [0, 0.05) is 5.92 Å². The maximum absolute atomic E-state index is 12.0. The second-order valence-electron chi connectivity index (χ2n) is 4.77. The molecular formula is C15H23NO3. The molecular weight excluding hydrogens is 242 g/mol. The lowest BCUT2D eigenvalue weighted by Crippen LogP contribution is -2.42. The first-order valence-electron chi connectivity index (χ1n) is 6.79. The summed E-state index contributed by atoms with van der Waals surface area (Å²) in [5.41, 5.74) is 0.974. The molecule has 0 aliphatic carbocycles. The summed E-state index contributed by atoms with van der Waals surface area (Å²) in [6, 6.07) is 6.51. The minimum Gasteiger partial charge on any atom is -0.508 e. The molecule has 3 N–H and O–H groups in total. The van der Waals surface area contributed by atoms with Gasteiger partial charge in [0.2, 0.25) is 5.91 Å². The highest BCUT2D eigenvalue weighted by Crippen LogP contribution is 2.12. The number of phenolic OH excluding ortho intramolecular Hbond substituents is 1. The summed E-state index contributed by atoms with van der Waals surface area (Å²) in [5, 5.41) is 21.4. The van der Waals surface area contributed by atoms with E-state index < -0.39 is 0 Å². The first-order chi connectivity index (χ1) is 9.10. The van der Waals surface area contributed by atoms with E-state index in [1.807, 2.05) is 13.8 Å². The zero-order valence-corrected chi connectivity index (χ0v) is 11.6. The molecule has 4 heteroatoms. The Balaban J connectivity index is 2.58. The molecule has 1 amide bonds. The highest BCUT2D eigenvalue weighted by molar-refractivity contribution is 5.78. The second-order valence-corrected chi connectivity index (χ2v) is 4.77. The van der Waals surface area contributed by atoms with Crippen LogP contribution in [0.4, 0.5) is 0 Å². The first kappa shape index (κ1) is 15.5. The SMILES string of the molecule is CCC(CC)C(=O)N[C@H](CO)Cc1ccc(O)cc1. The number of phenols is 1. The number of aliphatic hydroxyl groups is 1. The van der Waals surface area contributed by atoms with Gasteiger partial charge in [0.15, 0.2) is 0 Å². The Morgan fingerprint density at radius 3 is 2.26 bits per heavy atom. The van der Waals surface area contributed by atoms with E-state index in [1.54, 1.807) is 24.3 Å². The number of aromatic hydroxyl groups is 1. The van der Waals surface area contributed by atoms with Crippen molar-refractivity contribution < 1.29 is 15.0 Å². The van der Waals surface area contributed by atoms with Crippen LogP contribution < -0.4 is 5.32 Å². The molecule has 4 nitrogen and oxygen atoms in total. The number of hydrogen-bond acceptors (Lipinski definition) is 3. The molecule has 0 aliphatic rings. The number of benzene rings is 1. The maximum atomic E-state index is 12.0. The number of aliphatic hydroxyl groups excluding tert-OH is 1. The summed E-state index contributed by atoms with van der Waals surface area (Å²) in [6.45, 7) is 3.89. The number of hydrogen-bond donors (Lipinski definition) is 3. The van der Waals surface area contributed by atoms with Gasteiger partial charge in [-0.1, -0.05) is 26.0 Å². The third-order valence-corrected chi connectivity index (χ3v) is 3.34. The zero-order valence-electron chi connectivity index (χ0n) is 11.6. The van der Waals surface area contributed by atoms with Crippen LogP contribution in [-0.2, 0) is 11.2 Å². The molecule has 0 radical (unpaired) electrons. The molecule has 0 saturated heterocycles. The average Bonchev–Trinajstić information content (AvgIpc) is 2.41. The van der Waals surface area contributed by atoms with Gasteiger partial charge >= 0.3 is 0 Å². The van der Waals surface area contributed by atoms with Crippen LogP contribution in [0.2, 0.25) is 0 Å². The lowest BCUT2D eigenvalue weighted by molar-refractivity contribution is -0.126. The molecule has 0 spiro atoms. The largest absolute Gasteiger partial charge is 0.508 e. The van der Waals surface area contributed by atoms with Crippen LogP contribution in [0.1, 0.15) is 32.3 Å². The zero-order chi connectivity index (χ0) is 14.3. The highest BCUT2D eigenvalue weighted by atomic mass is 16.3. The van der Waals surface area contributed by atoms with E-state index in [9.17, 15) is 15.0 Å². The lowest BCUT2D eigenvalue weighted by Gasteiger charge is -2.20. The fourth-order valence-electron chi connectivity index (χ4n) is 2.06. The summed E-state index contributed by atoms with van der Waals surface area (Å²) in [4.78, 5) is 12.0. The van der Waals surface area contributed by atoms with Gasteiger partial charge < -0.3 is 15.5 Å². The fraction of sp³-hybridized carbons (Fsp3) is 0.533. The van der Waals surface area contributed by atoms with Gasteiger partial charge in [-0.3, -0.25) is 4.79 Å². The van der Waals surface area contributed by atoms with Gasteiger partial charge in [0.1, 0.15) is 5.75 Å². The molecule has 0 saturated carbocycles. The first-order valence-corrected chi connectivity index (χ1v) is 6.79. The predicted molar refractivity (Wildman–Crippen MR) is 74.9 cm³/mol. The van der Waals surface area contributed by atoms with Crippen molar-refractivity contribution in [2.24, 2.45) is 5.92 Å². The Labute approximate surface area is 114 Å². The Morgan fingerprint density at radius 2 is 1.79 bits per heavy atom. The molecule has 106 valence electrons. The van der Waals surface area contributed by atoms with E-state index in [0.717, 1.165) is 18.4 Å². The van der Waals surface area contributed by atoms with Gasteiger partial charge in [-0.05, 0) is 37.0 Å². The third kappa shape index (κ3) is 4.91. The molecule has 0 unspecified atom stereocenters. The van der Waals surface area contributed by atoms with E-state index in [0.29, 0.717) is 6.42 Å². The third-order valence-electron chi connectivity index (χ3n) is 3.34. The monoisotopic (exact) mass is 265 g/mol. The van der Waals surface area contributed by atoms with Crippen molar-refractivity contribution in [3.8, 4) is 5.75 Å². The minimum absolute atomic E-state index is 0.00262. The van der Waals surface area contributed by atoms with Crippen molar-refractivity contribution in [3.63, 3.8) is 0 Å². The molecule has 0 heterocycles. The van der Waals surface area contributed by atoms with Crippen molar-refractivity contribution in [2.75, 3.05) is 6.61 Å². The number of rotatable bonds is 7. The lowest BCUT2D eigenvalue weighted by atomic mass is 10.0. The molecule has 1 atom stereocenters.